The molecule has 5 aromatic rings. The van der Waals surface area contributed by atoms with Gasteiger partial charge in [0.2, 0.25) is 5.91 Å². The summed E-state index contributed by atoms with van der Waals surface area (Å²) in [5.74, 6) is -5.29. The molecule has 514 valence electrons. The van der Waals surface area contributed by atoms with Crippen LogP contribution in [0.25, 0.3) is 5.69 Å². The van der Waals surface area contributed by atoms with E-state index < -0.39 is 116 Å². The number of ether oxygens (including phenoxy) is 3. The van der Waals surface area contributed by atoms with E-state index in [0.717, 1.165) is 66.5 Å². The summed E-state index contributed by atoms with van der Waals surface area (Å²) in [4.78, 5) is 135. The molecule has 1 aliphatic heterocycles. The fraction of sp³-hybridized carbons (Fsp3) is 0.407. The van der Waals surface area contributed by atoms with Gasteiger partial charge in [-0.05, 0) is 101 Å². The molecule has 1 fully saturated rings. The van der Waals surface area contributed by atoms with Crippen molar-refractivity contribution in [3.8, 4) is 11.4 Å². The van der Waals surface area contributed by atoms with E-state index in [9.17, 15) is 79.4 Å². The lowest BCUT2D eigenvalue weighted by Gasteiger charge is -2.35. The summed E-state index contributed by atoms with van der Waals surface area (Å²) >= 11 is 22.9. The van der Waals surface area contributed by atoms with Crippen molar-refractivity contribution in [2.24, 2.45) is 13.0 Å². The second kappa shape index (κ2) is 35.9. The summed E-state index contributed by atoms with van der Waals surface area (Å²) < 4.78 is 88.2. The number of Topliss-reactive ketones (excluding diaryl/α,β-unsaturated/α-hetero) is 3. The zero-order valence-electron chi connectivity index (χ0n) is 51.9. The summed E-state index contributed by atoms with van der Waals surface area (Å²) in [6.45, 7) is 11.7. The van der Waals surface area contributed by atoms with Crippen LogP contribution >= 0.6 is 54.0 Å². The number of esters is 1. The summed E-state index contributed by atoms with van der Waals surface area (Å²) in [5.41, 5.74) is -1.24. The van der Waals surface area contributed by atoms with Gasteiger partial charge < -0.3 is 38.9 Å². The summed E-state index contributed by atoms with van der Waals surface area (Å²) in [6, 6.07) is 20.0. The zero-order chi connectivity index (χ0) is 71.5. The first-order valence-electron chi connectivity index (χ1n) is 27.9. The number of aryl methyl sites for hydroxylation is 2. The molecule has 1 aliphatic carbocycles. The van der Waals surface area contributed by atoms with E-state index in [0.29, 0.717) is 40.6 Å². The van der Waals surface area contributed by atoms with Crippen LogP contribution < -0.4 is 31.1 Å². The highest BCUT2D eigenvalue weighted by molar-refractivity contribution is 7.90. The third kappa shape index (κ3) is 22.9. The topological polar surface area (TPSA) is 365 Å². The quantitative estimate of drug-likeness (QED) is 0.0121. The van der Waals surface area contributed by atoms with Crippen LogP contribution in [0.15, 0.2) is 99.4 Å². The predicted molar refractivity (Wildman–Crippen MR) is 343 cm³/mol. The van der Waals surface area contributed by atoms with E-state index in [1.54, 1.807) is 30.8 Å². The van der Waals surface area contributed by atoms with Gasteiger partial charge in [0.05, 0.1) is 80.7 Å². The molecule has 7 rings (SSSR count). The number of para-hydroxylation sites is 3. The molecule has 0 saturated heterocycles. The van der Waals surface area contributed by atoms with E-state index in [1.165, 1.54) is 12.1 Å². The molecule has 0 bridgehead atoms. The molecular weight excluding hydrogens is 1370 g/mol. The van der Waals surface area contributed by atoms with Gasteiger partial charge in [0.1, 0.15) is 29.8 Å². The Morgan fingerprint density at radius 3 is 2.07 bits per heavy atom. The Hall–Kier alpha value is -7.38. The number of rotatable bonds is 18. The summed E-state index contributed by atoms with van der Waals surface area (Å²) in [5, 5.41) is 21.2. The second-order valence-corrected chi connectivity index (χ2v) is 26.3. The molecule has 4 N–H and O–H groups in total. The Balaban J connectivity index is 0.000000315. The first-order chi connectivity index (χ1) is 43.6. The van der Waals surface area contributed by atoms with Crippen molar-refractivity contribution in [2.45, 2.75) is 101 Å². The number of carbonyl (C=O) groups excluding carboxylic acids is 6. The maximum absolute atomic E-state index is 12.9. The fourth-order valence-corrected chi connectivity index (χ4v) is 10.6. The van der Waals surface area contributed by atoms with Crippen molar-refractivity contribution < 1.29 is 93.7 Å². The Bertz CT molecular complexity index is 3890. The van der Waals surface area contributed by atoms with E-state index in [4.69, 9.17) is 75.5 Å². The number of fused-ring (bicyclic) bond motifs is 1. The number of methoxy groups -OCH3 is 1. The SMILES string of the molecule is CC(C)OC(=O)c1cc(-n2c(=O)cc(C(F)(F)F)n(C)c2=O)ccc1Cl.CC1COc2ccccc2N1C(=O)C(Cl)Cl.CCc1cccc(C)c1N(C(=O)CCl)C(C)COC.CS(=O)(=O)c1ccc(C(=O)C2C(=O)CCCC2=O)c([N+](=O)[O-])c1.O=C(O)CNCP(=O)(O)O. The molecule has 4 aromatic carbocycles. The number of anilines is 2. The Morgan fingerprint density at radius 1 is 0.936 bits per heavy atom. The van der Waals surface area contributed by atoms with Crippen molar-refractivity contribution in [3.05, 3.63) is 149 Å². The monoisotopic (exact) mass is 1440 g/mol. The number of nitrogens with one attached hydrogen (secondary N) is 1. The number of carboxylic acid groups (broad SMARTS) is 1. The number of benzene rings is 4. The lowest BCUT2D eigenvalue weighted by Crippen LogP contribution is -2.47. The van der Waals surface area contributed by atoms with Gasteiger partial charge in [-0.3, -0.25) is 58.1 Å². The molecule has 2 unspecified atom stereocenters. The number of nitrogens with zero attached hydrogens (tertiary/aromatic N) is 5. The minimum absolute atomic E-state index is 0.0104. The third-order valence-corrected chi connectivity index (χ3v) is 15.9. The number of nitro benzene ring substituents is 1. The first-order valence-corrected chi connectivity index (χ1v) is 33.4. The number of carbonyl (C=O) groups is 7. The number of aromatic nitrogens is 2. The van der Waals surface area contributed by atoms with Crippen molar-refractivity contribution in [2.75, 3.05) is 55.1 Å². The van der Waals surface area contributed by atoms with E-state index in [2.05, 4.69) is 18.3 Å². The Morgan fingerprint density at radius 2 is 1.55 bits per heavy atom. The van der Waals surface area contributed by atoms with E-state index >= 15 is 0 Å². The average Bonchev–Trinajstić information content (AvgIpc) is 0.795. The van der Waals surface area contributed by atoms with Gasteiger partial charge in [-0.2, -0.15) is 13.2 Å². The van der Waals surface area contributed by atoms with Crippen LogP contribution in [0.1, 0.15) is 91.4 Å². The molecule has 2 amide bonds. The summed E-state index contributed by atoms with van der Waals surface area (Å²) in [7, 11) is -5.26. The Kier molecular flexibility index (Phi) is 30.9. The molecular formula is C59H68Cl4F3N6O20PS. The first kappa shape index (κ1) is 80.9. The van der Waals surface area contributed by atoms with Crippen molar-refractivity contribution in [1.82, 2.24) is 14.5 Å². The van der Waals surface area contributed by atoms with Gasteiger partial charge in [-0.1, -0.05) is 72.1 Å². The number of carboxylic acids is 1. The normalized spacial score (nSPS) is 14.2. The maximum atomic E-state index is 12.9. The van der Waals surface area contributed by atoms with Gasteiger partial charge in [-0.15, -0.1) is 11.6 Å². The average molecular weight is 1440 g/mol. The van der Waals surface area contributed by atoms with Crippen LogP contribution in [0.3, 0.4) is 0 Å². The molecule has 0 radical (unpaired) electrons. The van der Waals surface area contributed by atoms with Crippen LogP contribution in [-0.4, -0.2) is 147 Å². The van der Waals surface area contributed by atoms with Crippen LogP contribution in [0.4, 0.5) is 30.2 Å². The molecule has 1 saturated carbocycles. The fourth-order valence-electron chi connectivity index (χ4n) is 9.05. The largest absolute Gasteiger partial charge is 0.489 e. The minimum atomic E-state index is -4.86. The van der Waals surface area contributed by atoms with Gasteiger partial charge >= 0.3 is 31.4 Å². The van der Waals surface area contributed by atoms with Crippen LogP contribution in [0, 0.1) is 23.0 Å². The molecule has 94 heavy (non-hydrogen) atoms. The molecule has 2 aliphatic rings. The van der Waals surface area contributed by atoms with Gasteiger partial charge in [0.15, 0.2) is 32.0 Å². The van der Waals surface area contributed by atoms with E-state index in [-0.39, 0.29) is 63.8 Å². The van der Waals surface area contributed by atoms with Gasteiger partial charge in [0.25, 0.3) is 17.2 Å². The number of alkyl halides is 6. The predicted octanol–water partition coefficient (Wildman–Crippen LogP) is 8.46. The van der Waals surface area contributed by atoms with Crippen molar-refractivity contribution >= 4 is 122 Å². The highest BCUT2D eigenvalue weighted by Gasteiger charge is 2.40. The van der Waals surface area contributed by atoms with Gasteiger partial charge in [-0.25, -0.2) is 22.6 Å². The molecule has 2 atom stereocenters. The van der Waals surface area contributed by atoms with Crippen LogP contribution in [0.2, 0.25) is 5.02 Å². The lowest BCUT2D eigenvalue weighted by atomic mass is 9.81. The standard InChI is InChI=1S/C16H14ClF3N2O4.C15H22ClNO2.C14H13NO7S.C11H11Cl2NO2.C3H8NO5P/c1-8(2)26-14(24)10-6-9(4-5-11(10)17)22-13(23)7-12(16(18,19)20)21(3)15(22)25;1-5-13-8-6-7-11(2)15(13)17(14(18)9-16)12(3)10-19-4;1-23(21,22)8-5-6-9(10(7-8)15(19)20)14(18)13-11(16)3-2-4-12(13)17;1-7-6-16-9-5-3-2-4-8(9)14(7)11(15)10(12)13;5-3(6)1-4-2-10(7,8)9/h4-8H,1-3H3;6-8,12H,5,9-10H2,1-4H3;5-7,13H,2-4H2,1H3;2-5,7,10H,6H2,1H3;4H,1-2H2,(H,5,6)(H2,7,8,9). The minimum Gasteiger partial charge on any atom is -0.489 e. The molecule has 35 heteroatoms. The number of amides is 2. The third-order valence-electron chi connectivity index (χ3n) is 13.2. The second-order valence-electron chi connectivity index (χ2n) is 20.9. The smallest absolute Gasteiger partial charge is 0.431 e. The number of aliphatic carboxylic acids is 1. The number of sulfone groups is 1. The lowest BCUT2D eigenvalue weighted by molar-refractivity contribution is -0.385. The molecule has 26 nitrogen and oxygen atoms in total. The summed E-state index contributed by atoms with van der Waals surface area (Å²) in [6.07, 6.45) is -3.66. The van der Waals surface area contributed by atoms with Crippen molar-refractivity contribution in [3.63, 3.8) is 0 Å². The van der Waals surface area contributed by atoms with Crippen molar-refractivity contribution in [1.29, 1.82) is 0 Å². The maximum Gasteiger partial charge on any atom is 0.431 e. The molecule has 2 heterocycles. The highest BCUT2D eigenvalue weighted by atomic mass is 35.5. The van der Waals surface area contributed by atoms with Crippen LogP contribution in [0.5, 0.6) is 5.75 Å². The van der Waals surface area contributed by atoms with E-state index in [1.807, 2.05) is 57.2 Å². The van der Waals surface area contributed by atoms with Crippen LogP contribution in [-0.2, 0) is 67.5 Å². The number of halogens is 7. The Labute approximate surface area is 557 Å². The number of ketones is 3. The molecule has 1 aromatic heterocycles. The highest BCUT2D eigenvalue weighted by Crippen LogP contribution is 2.36. The number of nitro groups is 1. The number of hydrogen-bond donors (Lipinski definition) is 4. The van der Waals surface area contributed by atoms with Gasteiger partial charge in [0, 0.05) is 45.4 Å². The molecule has 0 spiro atoms. The zero-order valence-corrected chi connectivity index (χ0v) is 56.6. The number of hydrogen-bond acceptors (Lipinski definition) is 18.